The molecule has 12 aliphatic carbocycles. The van der Waals surface area contributed by atoms with E-state index in [4.69, 9.17) is 19.2 Å². The zero-order valence-electron chi connectivity index (χ0n) is 90.3. The fourth-order valence-electron chi connectivity index (χ4n) is 27.5. The highest BCUT2D eigenvalue weighted by Crippen LogP contribution is 2.49. The van der Waals surface area contributed by atoms with Crippen molar-refractivity contribution in [1.29, 1.82) is 0 Å². The van der Waals surface area contributed by atoms with E-state index < -0.39 is 0 Å². The number of morpholine rings is 1. The van der Waals surface area contributed by atoms with Gasteiger partial charge in [-0.15, -0.1) is 68.0 Å². The van der Waals surface area contributed by atoms with E-state index in [-0.39, 0.29) is 12.0 Å². The SMILES string of the molecule is CCN(C)C1CCC(Nc2ncnc3sc4c(c23)CCC4)CC1.CN(C)C1CCC(Nc2ncnc3sc4c(c23)CCC4)CC1.CN(C)C1CCC(Oc2ncnc3sc4c(c23)CCC4)CC1.CN(CC(=O)N1CCCC1)C1CCC(Nc2ncnc3sc4c(c23)CCC4)CC1.CN(CC(=O)N1CCCC1)C1CCC(Oc2ncnc3sc4c(c23)CCC4)CC1.c1nc(CC2CCC(N3CCOCC3)CC2)c2c3c(sc2n1)CCC3. The normalized spacial score (nSPS) is 25.1. The second-order valence-electron chi connectivity index (χ2n) is 46.1. The van der Waals surface area contributed by atoms with Crippen molar-refractivity contribution in [2.24, 2.45) is 5.92 Å². The van der Waals surface area contributed by atoms with Crippen LogP contribution >= 0.6 is 68.0 Å². The van der Waals surface area contributed by atoms with Crippen LogP contribution in [-0.2, 0) is 97.8 Å². The molecule has 12 aromatic heterocycles. The predicted molar refractivity (Wildman–Crippen MR) is 613 cm³/mol. The minimum atomic E-state index is 0.212. The molecule has 9 fully saturated rings. The van der Waals surface area contributed by atoms with Crippen LogP contribution in [0.2, 0.25) is 0 Å². The molecule has 0 atom stereocenters. The monoisotopic (exact) mass is 2150 g/mol. The number of thiophene rings is 6. The average molecular weight is 2150 g/mol. The topological polar surface area (TPSA) is 279 Å². The summed E-state index contributed by atoms with van der Waals surface area (Å²) in [7, 11) is 15.2. The second kappa shape index (κ2) is 49.6. The summed E-state index contributed by atoms with van der Waals surface area (Å²) >= 11 is 11.1. The van der Waals surface area contributed by atoms with Gasteiger partial charge in [-0.05, 0) is 397 Å². The van der Waals surface area contributed by atoms with Crippen LogP contribution in [0, 0.1) is 5.92 Å². The third-order valence-electron chi connectivity index (χ3n) is 36.4. The van der Waals surface area contributed by atoms with Crippen molar-refractivity contribution in [2.75, 3.05) is 137 Å². The van der Waals surface area contributed by atoms with Crippen molar-refractivity contribution in [3.8, 4) is 11.8 Å². The van der Waals surface area contributed by atoms with Gasteiger partial charge in [-0.1, -0.05) is 6.92 Å². The van der Waals surface area contributed by atoms with Gasteiger partial charge < -0.3 is 54.7 Å². The summed E-state index contributed by atoms with van der Waals surface area (Å²) in [5.74, 6) is 6.22. The Bertz CT molecular complexity index is 6280. The maximum absolute atomic E-state index is 12.5. The summed E-state index contributed by atoms with van der Waals surface area (Å²) in [5.41, 5.74) is 10.3. The number of ether oxygens (including phenoxy) is 3. The van der Waals surface area contributed by atoms with Crippen LogP contribution in [-0.4, -0.2) is 299 Å². The molecule has 0 unspecified atom stereocenters. The molecule has 150 heavy (non-hydrogen) atoms. The van der Waals surface area contributed by atoms with Crippen LogP contribution < -0.4 is 25.4 Å². The van der Waals surface area contributed by atoms with Gasteiger partial charge >= 0.3 is 0 Å². The number of carbonyl (C=O) groups is 2. The molecule has 0 aromatic carbocycles. The van der Waals surface area contributed by atoms with Gasteiger partial charge in [0.05, 0.1) is 58.9 Å². The van der Waals surface area contributed by atoms with Gasteiger partial charge in [-0.3, -0.25) is 24.3 Å². The molecule has 2 amide bonds. The zero-order chi connectivity index (χ0) is 102. The van der Waals surface area contributed by atoms with Crippen LogP contribution in [0.25, 0.3) is 61.3 Å². The number of hydrogen-bond acceptors (Lipinski definition) is 32. The Morgan fingerprint density at radius 3 is 0.980 bits per heavy atom. The minimum Gasteiger partial charge on any atom is -0.474 e. The quantitative estimate of drug-likeness (QED) is 0.0536. The van der Waals surface area contributed by atoms with Crippen molar-refractivity contribution in [2.45, 2.75) is 375 Å². The van der Waals surface area contributed by atoms with Crippen LogP contribution in [0.15, 0.2) is 38.0 Å². The smallest absolute Gasteiger partial charge is 0.236 e. The van der Waals surface area contributed by atoms with Gasteiger partial charge in [-0.25, -0.2) is 59.8 Å². The molecule has 3 aliphatic heterocycles. The molecular weight excluding hydrogens is 1990 g/mol. The van der Waals surface area contributed by atoms with Crippen molar-refractivity contribution in [1.82, 2.24) is 99.0 Å². The molecule has 28 nitrogen and oxygen atoms in total. The van der Waals surface area contributed by atoms with Crippen LogP contribution in [0.1, 0.15) is 294 Å². The number of fused-ring (bicyclic) bond motifs is 18. The lowest BCUT2D eigenvalue weighted by Crippen LogP contribution is -2.45. The van der Waals surface area contributed by atoms with E-state index in [0.29, 0.717) is 61.4 Å². The number of nitrogens with zero attached hydrogens (tertiary/aromatic N) is 20. The lowest BCUT2D eigenvalue weighted by Gasteiger charge is -2.38. The first-order valence-corrected chi connectivity index (χ1v) is 62.8. The van der Waals surface area contributed by atoms with E-state index in [1.165, 1.54) is 297 Å². The molecule has 3 N–H and O–H groups in total. The maximum Gasteiger partial charge on any atom is 0.236 e. The highest BCUT2D eigenvalue weighted by molar-refractivity contribution is 7.20. The fraction of sp³-hybridized carbons (Fsp3) is 0.672. The summed E-state index contributed by atoms with van der Waals surface area (Å²) < 4.78 is 18.2. The number of carbonyl (C=O) groups excluding carboxylic acids is 2. The molecule has 12 aromatic rings. The Hall–Kier alpha value is -8.10. The van der Waals surface area contributed by atoms with E-state index in [1.54, 1.807) is 48.4 Å². The van der Waals surface area contributed by atoms with Crippen LogP contribution in [0.4, 0.5) is 17.5 Å². The first-order chi connectivity index (χ1) is 73.5. The number of hydrogen-bond donors (Lipinski definition) is 3. The lowest BCUT2D eigenvalue weighted by molar-refractivity contribution is -0.132. The van der Waals surface area contributed by atoms with Crippen LogP contribution in [0.3, 0.4) is 0 Å². The Kier molecular flexibility index (Phi) is 35.1. The minimum absolute atomic E-state index is 0.212. The molecule has 15 aliphatic rings. The summed E-state index contributed by atoms with van der Waals surface area (Å²) in [6, 6.07) is 5.56. The standard InChI is InChI=1S/C22H31N5OS.C22H30N4O2S.C20H27N3OS.C18H26N4S.C17H24N4S.C17H23N3OS/c1-26(13-19(28)27-11-2-3-12-27)16-9-7-15(8-10-16)25-21-20-17-5-4-6-18(17)29-22(20)24-14-23-21;1-25(13-19(27)26-11-2-3-12-26)15-7-9-16(10-8-15)28-21-20-17-5-4-6-18(17)29-22(20)24-14-23-21;1-2-16-18(3-1)25-20-19(16)17(21-13-22-20)12-14-4-6-15(7-5-14)23-8-10-24-11-9-23;1-3-22(2)13-9-7-12(8-10-13)21-17-16-14-5-4-6-15(14)23-18(16)20-11-19-17;1-21(2)12-8-6-11(7-9-12)20-16-15-13-4-3-5-14(13)22-17(15)19-10-18-16;1-20(2)11-6-8-12(9-7-11)21-16-15-13-4-3-5-14(13)22-17(15)19-10-18-16/h14-16H,2-13H2,1H3,(H,23,24,25);14-16H,2-13H2,1H3;13-15H,1-12H2;11-13H,3-10H2,1-2H3,(H,19,20,21);10-12H,3-9H2,1-2H3,(H,18,19,20);10-12H,3-9H2,1-2H3. The van der Waals surface area contributed by atoms with Crippen molar-refractivity contribution in [3.63, 3.8) is 0 Å². The zero-order valence-corrected chi connectivity index (χ0v) is 95.2. The number of aromatic nitrogens is 12. The van der Waals surface area contributed by atoms with Crippen molar-refractivity contribution >= 4 is 159 Å². The van der Waals surface area contributed by atoms with Gasteiger partial charge in [0.25, 0.3) is 0 Å². The first kappa shape index (κ1) is 106. The fourth-order valence-corrected chi connectivity index (χ4v) is 34.9. The van der Waals surface area contributed by atoms with E-state index in [9.17, 15) is 9.59 Å². The number of likely N-dealkylation sites (N-methyl/N-ethyl adjacent to an activating group) is 2. The Balaban J connectivity index is 0.000000102. The highest BCUT2D eigenvalue weighted by Gasteiger charge is 2.38. The molecule has 6 saturated carbocycles. The third-order valence-corrected chi connectivity index (χ3v) is 43.5. The van der Waals surface area contributed by atoms with Gasteiger partial charge in [0.15, 0.2) is 0 Å². The molecule has 34 heteroatoms. The Morgan fingerprint density at radius 2 is 0.627 bits per heavy atom. The van der Waals surface area contributed by atoms with E-state index in [2.05, 4.69) is 156 Å². The number of amides is 2. The summed E-state index contributed by atoms with van der Waals surface area (Å²) in [4.78, 5) is 114. The molecule has 0 spiro atoms. The van der Waals surface area contributed by atoms with Crippen LogP contribution in [0.5, 0.6) is 11.8 Å². The summed E-state index contributed by atoms with van der Waals surface area (Å²) in [6.07, 6.45) is 67.5. The number of likely N-dealkylation sites (tertiary alicyclic amines) is 2. The molecule has 0 radical (unpaired) electrons. The molecule has 27 rings (SSSR count). The van der Waals surface area contributed by atoms with E-state index in [1.807, 2.05) is 77.8 Å². The highest BCUT2D eigenvalue weighted by atomic mass is 32.1. The second-order valence-corrected chi connectivity index (χ2v) is 52.7. The molecule has 806 valence electrons. The van der Waals surface area contributed by atoms with Gasteiger partial charge in [0.1, 0.15) is 96.6 Å². The first-order valence-electron chi connectivity index (χ1n) is 57.9. The maximum atomic E-state index is 12.5. The van der Waals surface area contributed by atoms with E-state index >= 15 is 0 Å². The molecule has 0 bridgehead atoms. The van der Waals surface area contributed by atoms with E-state index in [0.717, 1.165) is 236 Å². The number of rotatable bonds is 23. The Morgan fingerprint density at radius 1 is 0.327 bits per heavy atom. The number of anilines is 3. The lowest BCUT2D eigenvalue weighted by atomic mass is 9.82. The molecule has 15 heterocycles. The number of nitrogens with one attached hydrogen (secondary N) is 3. The average Bonchev–Trinajstić information content (AvgIpc) is 1.64. The largest absolute Gasteiger partial charge is 0.474 e. The van der Waals surface area contributed by atoms with Gasteiger partial charge in [0.2, 0.25) is 23.6 Å². The van der Waals surface area contributed by atoms with Crippen molar-refractivity contribution in [3.05, 3.63) is 106 Å². The third kappa shape index (κ3) is 24.5. The summed E-state index contributed by atoms with van der Waals surface area (Å²) in [5, 5.41) is 18.9. The predicted octanol–water partition coefficient (Wildman–Crippen LogP) is 21.2. The van der Waals surface area contributed by atoms with Gasteiger partial charge in [0, 0.05) is 128 Å². The number of aryl methyl sites for hydroxylation is 12. The molecular formula is C116H161N23O5S6. The molecule has 3 saturated heterocycles. The Labute approximate surface area is 911 Å². The summed E-state index contributed by atoms with van der Waals surface area (Å²) in [6.45, 7) is 12.4. The van der Waals surface area contributed by atoms with Gasteiger partial charge in [-0.2, -0.15) is 0 Å². The van der Waals surface area contributed by atoms with Crippen molar-refractivity contribution < 1.29 is 23.8 Å².